The third-order valence-corrected chi connectivity index (χ3v) is 4.25. The number of aryl methyl sites for hydroxylation is 1. The number of hydrogen-bond acceptors (Lipinski definition) is 3. The van der Waals surface area contributed by atoms with Crippen LogP contribution < -0.4 is 10.6 Å². The molecule has 2 N–H and O–H groups in total. The van der Waals surface area contributed by atoms with Crippen LogP contribution in [0.5, 0.6) is 0 Å². The number of likely N-dealkylation sites (tertiary alicyclic amines) is 1. The molecule has 2 rings (SSSR count). The average Bonchev–Trinajstić information content (AvgIpc) is 3.08. The molecule has 0 bridgehead atoms. The largest absolute Gasteiger partial charge is 0.356 e. The van der Waals surface area contributed by atoms with Gasteiger partial charge in [-0.2, -0.15) is 5.10 Å². The molecule has 0 amide bonds. The highest BCUT2D eigenvalue weighted by Crippen LogP contribution is 2.14. The summed E-state index contributed by atoms with van der Waals surface area (Å²) in [6.45, 7) is 8.73. The third-order valence-electron chi connectivity index (χ3n) is 4.25. The van der Waals surface area contributed by atoms with E-state index in [1.54, 1.807) is 0 Å². The fraction of sp³-hybridized carbons (Fsp3) is 0.750. The van der Waals surface area contributed by atoms with Gasteiger partial charge in [-0.1, -0.05) is 6.92 Å². The van der Waals surface area contributed by atoms with Crippen LogP contribution in [0.1, 0.15) is 26.2 Å². The minimum atomic E-state index is 0. The van der Waals surface area contributed by atoms with E-state index in [0.29, 0.717) is 0 Å². The van der Waals surface area contributed by atoms with Crippen molar-refractivity contribution in [2.24, 2.45) is 10.9 Å². The summed E-state index contributed by atoms with van der Waals surface area (Å²) in [5, 5.41) is 11.1. The first-order valence-electron chi connectivity index (χ1n) is 8.46. The lowest BCUT2D eigenvalue weighted by Crippen LogP contribution is -2.44. The van der Waals surface area contributed by atoms with Crippen LogP contribution in [0.3, 0.4) is 0 Å². The predicted octanol–water partition coefficient (Wildman–Crippen LogP) is 1.79. The Morgan fingerprint density at radius 3 is 2.96 bits per heavy atom. The monoisotopic (exact) mass is 434 g/mol. The van der Waals surface area contributed by atoms with Crippen LogP contribution in [0.2, 0.25) is 0 Å². The van der Waals surface area contributed by atoms with Crippen molar-refractivity contribution >= 4 is 29.9 Å². The topological polar surface area (TPSA) is 57.5 Å². The van der Waals surface area contributed by atoms with Gasteiger partial charge >= 0.3 is 0 Å². The van der Waals surface area contributed by atoms with Gasteiger partial charge in [0.1, 0.15) is 0 Å². The molecule has 132 valence electrons. The van der Waals surface area contributed by atoms with Crippen molar-refractivity contribution in [2.75, 3.05) is 39.8 Å². The molecule has 0 radical (unpaired) electrons. The molecule has 1 aromatic rings. The summed E-state index contributed by atoms with van der Waals surface area (Å²) in [6.07, 6.45) is 7.48. The van der Waals surface area contributed by atoms with Crippen molar-refractivity contribution < 1.29 is 0 Å². The predicted molar refractivity (Wildman–Crippen MR) is 106 cm³/mol. The number of halogens is 1. The lowest BCUT2D eigenvalue weighted by atomic mass is 9.98. The van der Waals surface area contributed by atoms with Crippen molar-refractivity contribution in [1.29, 1.82) is 0 Å². The van der Waals surface area contributed by atoms with Gasteiger partial charge in [-0.3, -0.25) is 9.67 Å². The minimum Gasteiger partial charge on any atom is -0.356 e. The van der Waals surface area contributed by atoms with Gasteiger partial charge in [0.15, 0.2) is 5.96 Å². The number of nitrogens with zero attached hydrogens (tertiary/aromatic N) is 4. The van der Waals surface area contributed by atoms with Gasteiger partial charge in [0, 0.05) is 45.6 Å². The van der Waals surface area contributed by atoms with E-state index in [4.69, 9.17) is 0 Å². The lowest BCUT2D eigenvalue weighted by molar-refractivity contribution is 0.183. The zero-order valence-corrected chi connectivity index (χ0v) is 16.7. The molecule has 7 heteroatoms. The molecule has 1 aromatic heterocycles. The van der Waals surface area contributed by atoms with Gasteiger partial charge < -0.3 is 15.5 Å². The zero-order valence-electron chi connectivity index (χ0n) is 14.4. The lowest BCUT2D eigenvalue weighted by Gasteiger charge is -2.32. The van der Waals surface area contributed by atoms with Crippen LogP contribution in [0, 0.1) is 5.92 Å². The smallest absolute Gasteiger partial charge is 0.190 e. The van der Waals surface area contributed by atoms with Crippen molar-refractivity contribution in [1.82, 2.24) is 25.3 Å². The van der Waals surface area contributed by atoms with Crippen molar-refractivity contribution in [3.8, 4) is 0 Å². The van der Waals surface area contributed by atoms with Crippen molar-refractivity contribution in [3.05, 3.63) is 18.5 Å². The maximum atomic E-state index is 4.30. The van der Waals surface area contributed by atoms with E-state index in [2.05, 4.69) is 32.5 Å². The van der Waals surface area contributed by atoms with Crippen LogP contribution in [-0.2, 0) is 6.54 Å². The normalized spacial score (nSPS) is 19.2. The van der Waals surface area contributed by atoms with Gasteiger partial charge in [-0.05, 0) is 44.3 Å². The van der Waals surface area contributed by atoms with E-state index in [9.17, 15) is 0 Å². The number of rotatable bonds is 7. The van der Waals surface area contributed by atoms with Gasteiger partial charge in [-0.15, -0.1) is 24.0 Å². The van der Waals surface area contributed by atoms with Crippen LogP contribution in [-0.4, -0.2) is 60.4 Å². The van der Waals surface area contributed by atoms with Gasteiger partial charge in [-0.25, -0.2) is 0 Å². The third kappa shape index (κ3) is 7.52. The molecular weight excluding hydrogens is 403 g/mol. The average molecular weight is 434 g/mol. The second-order valence-corrected chi connectivity index (χ2v) is 5.90. The summed E-state index contributed by atoms with van der Waals surface area (Å²) in [7, 11) is 1.84. The van der Waals surface area contributed by atoms with Gasteiger partial charge in [0.25, 0.3) is 0 Å². The maximum Gasteiger partial charge on any atom is 0.190 e. The Morgan fingerprint density at radius 1 is 1.39 bits per heavy atom. The molecule has 0 saturated carbocycles. The van der Waals surface area contributed by atoms with E-state index in [-0.39, 0.29) is 24.0 Å². The Bertz CT molecular complexity index is 434. The Kier molecular flexibility index (Phi) is 10.3. The Labute approximate surface area is 157 Å². The van der Waals surface area contributed by atoms with Gasteiger partial charge in [0.05, 0.1) is 0 Å². The van der Waals surface area contributed by atoms with E-state index in [1.807, 2.05) is 30.2 Å². The number of aromatic nitrogens is 2. The quantitative estimate of drug-likeness (QED) is 0.298. The van der Waals surface area contributed by atoms with Crippen molar-refractivity contribution in [2.45, 2.75) is 32.7 Å². The number of piperidine rings is 1. The minimum absolute atomic E-state index is 0. The summed E-state index contributed by atoms with van der Waals surface area (Å²) >= 11 is 0. The SMILES string of the molecule is CCN1CCCC(CNC(=NC)NCCCn2cccn2)C1.I. The first kappa shape index (κ1) is 20.2. The highest BCUT2D eigenvalue weighted by Gasteiger charge is 2.18. The number of guanidine groups is 1. The van der Waals surface area contributed by atoms with Crippen LogP contribution in [0.4, 0.5) is 0 Å². The highest BCUT2D eigenvalue weighted by molar-refractivity contribution is 14.0. The molecule has 6 nitrogen and oxygen atoms in total. The van der Waals surface area contributed by atoms with Crippen LogP contribution in [0.15, 0.2) is 23.5 Å². The summed E-state index contributed by atoms with van der Waals surface area (Å²) in [5.41, 5.74) is 0. The van der Waals surface area contributed by atoms with Crippen LogP contribution >= 0.6 is 24.0 Å². The molecular formula is C16H31IN6. The fourth-order valence-electron chi connectivity index (χ4n) is 2.95. The van der Waals surface area contributed by atoms with Gasteiger partial charge in [0.2, 0.25) is 0 Å². The molecule has 1 atom stereocenters. The molecule has 1 fully saturated rings. The zero-order chi connectivity index (χ0) is 15.6. The van der Waals surface area contributed by atoms with Crippen LogP contribution in [0.25, 0.3) is 0 Å². The molecule has 1 unspecified atom stereocenters. The first-order valence-corrected chi connectivity index (χ1v) is 8.46. The first-order chi connectivity index (χ1) is 10.8. The Balaban J connectivity index is 0.00000264. The summed E-state index contributed by atoms with van der Waals surface area (Å²) < 4.78 is 1.96. The molecule has 1 saturated heterocycles. The molecule has 0 aliphatic carbocycles. The summed E-state index contributed by atoms with van der Waals surface area (Å²) in [5.74, 6) is 1.64. The van der Waals surface area contributed by atoms with E-state index >= 15 is 0 Å². The molecule has 23 heavy (non-hydrogen) atoms. The van der Waals surface area contributed by atoms with E-state index < -0.39 is 0 Å². The van der Waals surface area contributed by atoms with Crippen molar-refractivity contribution in [3.63, 3.8) is 0 Å². The standard InChI is InChI=1S/C16H30N6.HI/c1-3-21-10-4-7-15(14-21)13-19-16(17-2)18-8-5-11-22-12-6-9-20-22;/h6,9,12,15H,3-5,7-8,10-11,13-14H2,1-2H3,(H2,17,18,19);1H. The Morgan fingerprint density at radius 2 is 2.26 bits per heavy atom. The molecule has 2 heterocycles. The number of hydrogen-bond donors (Lipinski definition) is 2. The molecule has 1 aliphatic heterocycles. The maximum absolute atomic E-state index is 4.30. The van der Waals surface area contributed by atoms with E-state index in [0.717, 1.165) is 44.5 Å². The molecule has 1 aliphatic rings. The molecule has 0 spiro atoms. The summed E-state index contributed by atoms with van der Waals surface area (Å²) in [4.78, 5) is 6.84. The number of nitrogens with one attached hydrogen (secondary N) is 2. The second-order valence-electron chi connectivity index (χ2n) is 5.90. The number of aliphatic imine (C=N–C) groups is 1. The second kappa shape index (κ2) is 11.7. The van der Waals surface area contributed by atoms with E-state index in [1.165, 1.54) is 25.9 Å². The molecule has 0 aromatic carbocycles. The Hall–Kier alpha value is -0.830. The highest BCUT2D eigenvalue weighted by atomic mass is 127. The summed E-state index contributed by atoms with van der Waals surface area (Å²) in [6, 6.07) is 1.96. The fourth-order valence-corrected chi connectivity index (χ4v) is 2.95.